The van der Waals surface area contributed by atoms with Gasteiger partial charge in [-0.05, 0) is 51.7 Å². The Bertz CT molecular complexity index is 882. The highest BCUT2D eigenvalue weighted by Gasteiger charge is 2.09. The number of aromatic nitrogens is 3. The Kier molecular flexibility index (Phi) is 3.33. The molecule has 0 aliphatic rings. The summed E-state index contributed by atoms with van der Waals surface area (Å²) in [6.07, 6.45) is 5.57. The fraction of sp³-hybridized carbons (Fsp3) is 0.0588. The molecule has 2 N–H and O–H groups in total. The second-order valence-corrected chi connectivity index (χ2v) is 5.80. The molecule has 4 heterocycles. The number of nitrogens with one attached hydrogen (secondary N) is 2. The van der Waals surface area contributed by atoms with Gasteiger partial charge >= 0.3 is 0 Å². The summed E-state index contributed by atoms with van der Waals surface area (Å²) in [7, 11) is 0. The van der Waals surface area contributed by atoms with Crippen molar-refractivity contribution in [1.29, 1.82) is 0 Å². The van der Waals surface area contributed by atoms with Crippen molar-refractivity contribution in [2.75, 3.05) is 5.32 Å². The lowest BCUT2D eigenvalue weighted by Gasteiger charge is -2.08. The van der Waals surface area contributed by atoms with Gasteiger partial charge in [0.25, 0.3) is 0 Å². The number of anilines is 1. The van der Waals surface area contributed by atoms with Crippen molar-refractivity contribution >= 4 is 28.2 Å². The number of fused-ring (bicyclic) bond motifs is 1. The molecule has 0 aliphatic heterocycles. The first kappa shape index (κ1) is 13.0. The SMILES string of the molecule is c1cncc(CNc2cc(-c3ccsc3)c3cc[nH]c3n2)c1. The van der Waals surface area contributed by atoms with E-state index in [2.05, 4.69) is 49.2 Å². The van der Waals surface area contributed by atoms with Crippen LogP contribution in [0.2, 0.25) is 0 Å². The number of pyridine rings is 2. The first-order chi connectivity index (χ1) is 10.9. The highest BCUT2D eigenvalue weighted by atomic mass is 32.1. The van der Waals surface area contributed by atoms with Crippen LogP contribution >= 0.6 is 11.3 Å². The summed E-state index contributed by atoms with van der Waals surface area (Å²) in [4.78, 5) is 12.0. The van der Waals surface area contributed by atoms with Gasteiger partial charge in [0.05, 0.1) is 0 Å². The second kappa shape index (κ2) is 5.61. The molecule has 4 rings (SSSR count). The van der Waals surface area contributed by atoms with Gasteiger partial charge < -0.3 is 10.3 Å². The van der Waals surface area contributed by atoms with Crippen molar-refractivity contribution in [2.45, 2.75) is 6.54 Å². The molecular formula is C17H14N4S. The maximum absolute atomic E-state index is 4.64. The van der Waals surface area contributed by atoms with Crippen LogP contribution in [0.15, 0.2) is 59.7 Å². The molecule has 0 spiro atoms. The summed E-state index contributed by atoms with van der Waals surface area (Å²) in [6.45, 7) is 0.704. The van der Waals surface area contributed by atoms with Gasteiger partial charge in [-0.25, -0.2) is 4.98 Å². The Labute approximate surface area is 131 Å². The van der Waals surface area contributed by atoms with Crippen molar-refractivity contribution in [1.82, 2.24) is 15.0 Å². The highest BCUT2D eigenvalue weighted by Crippen LogP contribution is 2.31. The van der Waals surface area contributed by atoms with Crippen molar-refractivity contribution in [3.63, 3.8) is 0 Å². The number of H-pyrrole nitrogens is 1. The molecule has 0 bridgehead atoms. The third-order valence-electron chi connectivity index (χ3n) is 3.56. The number of aromatic amines is 1. The van der Waals surface area contributed by atoms with Gasteiger partial charge in [-0.2, -0.15) is 11.3 Å². The lowest BCUT2D eigenvalue weighted by Crippen LogP contribution is -2.02. The molecule has 4 aromatic rings. The van der Waals surface area contributed by atoms with E-state index in [1.165, 1.54) is 11.1 Å². The van der Waals surface area contributed by atoms with E-state index in [4.69, 9.17) is 0 Å². The fourth-order valence-corrected chi connectivity index (χ4v) is 3.14. The lowest BCUT2D eigenvalue weighted by atomic mass is 10.1. The number of hydrogen-bond donors (Lipinski definition) is 2. The maximum atomic E-state index is 4.64. The molecule has 0 fully saturated rings. The van der Waals surface area contributed by atoms with Crippen molar-refractivity contribution < 1.29 is 0 Å². The van der Waals surface area contributed by atoms with Crippen LogP contribution in [0.4, 0.5) is 5.82 Å². The van der Waals surface area contributed by atoms with Crippen LogP contribution < -0.4 is 5.32 Å². The molecule has 0 amide bonds. The number of nitrogens with zero attached hydrogens (tertiary/aromatic N) is 2. The first-order valence-corrected chi connectivity index (χ1v) is 7.98. The molecule has 0 atom stereocenters. The van der Waals surface area contributed by atoms with Gasteiger partial charge in [0, 0.05) is 30.5 Å². The summed E-state index contributed by atoms with van der Waals surface area (Å²) in [5, 5.41) is 8.77. The molecule has 4 aromatic heterocycles. The predicted molar refractivity (Wildman–Crippen MR) is 91.0 cm³/mol. The minimum absolute atomic E-state index is 0.704. The average Bonchev–Trinajstić information content (AvgIpc) is 3.24. The van der Waals surface area contributed by atoms with Crippen LogP contribution in [0.3, 0.4) is 0 Å². The van der Waals surface area contributed by atoms with E-state index >= 15 is 0 Å². The monoisotopic (exact) mass is 306 g/mol. The van der Waals surface area contributed by atoms with Crippen molar-refractivity contribution in [2.24, 2.45) is 0 Å². The van der Waals surface area contributed by atoms with E-state index in [1.807, 2.05) is 24.5 Å². The largest absolute Gasteiger partial charge is 0.366 e. The topological polar surface area (TPSA) is 53.6 Å². The van der Waals surface area contributed by atoms with Crippen molar-refractivity contribution in [3.05, 3.63) is 65.2 Å². The Morgan fingerprint density at radius 2 is 2.23 bits per heavy atom. The van der Waals surface area contributed by atoms with E-state index in [9.17, 15) is 0 Å². The molecule has 0 radical (unpaired) electrons. The van der Waals surface area contributed by atoms with Gasteiger partial charge in [0.2, 0.25) is 0 Å². The van der Waals surface area contributed by atoms with Crippen molar-refractivity contribution in [3.8, 4) is 11.1 Å². The summed E-state index contributed by atoms with van der Waals surface area (Å²) >= 11 is 1.70. The van der Waals surface area contributed by atoms with Crippen LogP contribution in [0.5, 0.6) is 0 Å². The predicted octanol–water partition coefficient (Wildman–Crippen LogP) is 4.30. The zero-order valence-electron chi connectivity index (χ0n) is 11.8. The molecular weight excluding hydrogens is 292 g/mol. The van der Waals surface area contributed by atoms with Crippen LogP contribution in [0, 0.1) is 0 Å². The minimum atomic E-state index is 0.704. The smallest absolute Gasteiger partial charge is 0.140 e. The van der Waals surface area contributed by atoms with Crippen LogP contribution in [0.25, 0.3) is 22.2 Å². The first-order valence-electron chi connectivity index (χ1n) is 7.03. The van der Waals surface area contributed by atoms with Gasteiger partial charge in [0.15, 0.2) is 0 Å². The van der Waals surface area contributed by atoms with Gasteiger partial charge in [-0.3, -0.25) is 4.98 Å². The minimum Gasteiger partial charge on any atom is -0.366 e. The van der Waals surface area contributed by atoms with E-state index in [1.54, 1.807) is 17.5 Å². The molecule has 0 saturated carbocycles. The van der Waals surface area contributed by atoms with E-state index in [0.717, 1.165) is 22.4 Å². The zero-order chi connectivity index (χ0) is 14.8. The maximum Gasteiger partial charge on any atom is 0.140 e. The van der Waals surface area contributed by atoms with E-state index in [0.29, 0.717) is 6.54 Å². The molecule has 0 aliphatic carbocycles. The highest BCUT2D eigenvalue weighted by molar-refractivity contribution is 7.08. The van der Waals surface area contributed by atoms with Gasteiger partial charge in [0.1, 0.15) is 11.5 Å². The van der Waals surface area contributed by atoms with Gasteiger partial charge in [-0.1, -0.05) is 6.07 Å². The number of thiophene rings is 1. The molecule has 108 valence electrons. The zero-order valence-corrected chi connectivity index (χ0v) is 12.6. The molecule has 22 heavy (non-hydrogen) atoms. The molecule has 5 heteroatoms. The number of rotatable bonds is 4. The molecule has 0 unspecified atom stereocenters. The summed E-state index contributed by atoms with van der Waals surface area (Å²) < 4.78 is 0. The third kappa shape index (κ3) is 2.46. The fourth-order valence-electron chi connectivity index (χ4n) is 2.48. The van der Waals surface area contributed by atoms with Crippen LogP contribution in [-0.2, 0) is 6.54 Å². The third-order valence-corrected chi connectivity index (χ3v) is 4.24. The van der Waals surface area contributed by atoms with Crippen LogP contribution in [0.1, 0.15) is 5.56 Å². The second-order valence-electron chi connectivity index (χ2n) is 5.02. The van der Waals surface area contributed by atoms with E-state index in [-0.39, 0.29) is 0 Å². The average molecular weight is 306 g/mol. The molecule has 0 saturated heterocycles. The Hall–Kier alpha value is -2.66. The Balaban J connectivity index is 1.69. The Morgan fingerprint density at radius 1 is 1.23 bits per heavy atom. The standard InChI is InChI=1S/C17H14N4S/c1-2-12(9-18-5-1)10-20-16-8-15(13-4-7-22-11-13)14-3-6-19-17(14)21-16/h1-9,11H,10H2,(H2,19,20,21). The Morgan fingerprint density at radius 3 is 3.05 bits per heavy atom. The summed E-state index contributed by atoms with van der Waals surface area (Å²) in [6, 6.07) is 10.3. The molecule has 0 aromatic carbocycles. The summed E-state index contributed by atoms with van der Waals surface area (Å²) in [5.74, 6) is 0.861. The summed E-state index contributed by atoms with van der Waals surface area (Å²) in [5.41, 5.74) is 4.45. The number of hydrogen-bond acceptors (Lipinski definition) is 4. The lowest BCUT2D eigenvalue weighted by molar-refractivity contribution is 1.09. The molecule has 4 nitrogen and oxygen atoms in total. The normalized spacial score (nSPS) is 10.9. The van der Waals surface area contributed by atoms with Gasteiger partial charge in [-0.15, -0.1) is 0 Å². The van der Waals surface area contributed by atoms with E-state index < -0.39 is 0 Å². The van der Waals surface area contributed by atoms with Crippen LogP contribution in [-0.4, -0.2) is 15.0 Å². The quantitative estimate of drug-likeness (QED) is 0.591.